The maximum Gasteiger partial charge on any atom is 0.223 e. The molecule has 0 radical (unpaired) electrons. The first-order chi connectivity index (χ1) is 7.40. The molecule has 6 N–H and O–H groups in total. The van der Waals surface area contributed by atoms with Crippen LogP contribution in [-0.4, -0.2) is 11.9 Å². The summed E-state index contributed by atoms with van der Waals surface area (Å²) in [6, 6.07) is 3.59. The highest BCUT2D eigenvalue weighted by molar-refractivity contribution is 9.10. The van der Waals surface area contributed by atoms with Crippen molar-refractivity contribution in [3.05, 3.63) is 27.2 Å². The van der Waals surface area contributed by atoms with Gasteiger partial charge >= 0.3 is 0 Å². The lowest BCUT2D eigenvalue weighted by Crippen LogP contribution is -2.26. The monoisotopic (exact) mass is 303 g/mol. The van der Waals surface area contributed by atoms with Crippen molar-refractivity contribution >= 4 is 45.1 Å². The SMILES string of the molecule is Cc1cc(Br)cc(Cl)c1N=C(N)N=C(N)N. The number of benzene rings is 1. The van der Waals surface area contributed by atoms with Gasteiger partial charge < -0.3 is 17.2 Å². The summed E-state index contributed by atoms with van der Waals surface area (Å²) in [5, 5.41) is 0.473. The largest absolute Gasteiger partial charge is 0.370 e. The lowest BCUT2D eigenvalue weighted by atomic mass is 10.2. The molecule has 0 fully saturated rings. The fourth-order valence-corrected chi connectivity index (χ4v) is 2.12. The summed E-state index contributed by atoms with van der Waals surface area (Å²) in [7, 11) is 0. The standard InChI is InChI=1S/C9H11BrClN5/c1-4-2-5(10)3-6(11)7(4)15-9(14)16-8(12)13/h2-3H,1H3,(H6,12,13,14,15,16). The van der Waals surface area contributed by atoms with Gasteiger partial charge in [0.25, 0.3) is 0 Å². The average Bonchev–Trinajstić information content (AvgIpc) is 2.09. The Balaban J connectivity index is 3.20. The minimum atomic E-state index is -0.146. The fourth-order valence-electron chi connectivity index (χ4n) is 1.11. The van der Waals surface area contributed by atoms with Crippen LogP contribution in [0.25, 0.3) is 0 Å². The summed E-state index contributed by atoms with van der Waals surface area (Å²) in [5.41, 5.74) is 17.3. The highest BCUT2D eigenvalue weighted by Gasteiger charge is 2.05. The molecule has 1 aromatic rings. The van der Waals surface area contributed by atoms with E-state index in [1.54, 1.807) is 6.07 Å². The third kappa shape index (κ3) is 3.39. The Bertz CT molecular complexity index is 442. The van der Waals surface area contributed by atoms with Gasteiger partial charge in [-0.2, -0.15) is 4.99 Å². The van der Waals surface area contributed by atoms with E-state index in [1.165, 1.54) is 0 Å². The number of hydrogen-bond donors (Lipinski definition) is 3. The highest BCUT2D eigenvalue weighted by Crippen LogP contribution is 2.32. The van der Waals surface area contributed by atoms with E-state index in [1.807, 2.05) is 13.0 Å². The second kappa shape index (κ2) is 5.18. The summed E-state index contributed by atoms with van der Waals surface area (Å²) >= 11 is 9.33. The van der Waals surface area contributed by atoms with Crippen LogP contribution in [0.5, 0.6) is 0 Å². The van der Waals surface area contributed by atoms with Gasteiger partial charge in [0.1, 0.15) is 0 Å². The van der Waals surface area contributed by atoms with Crippen molar-refractivity contribution in [1.82, 2.24) is 0 Å². The summed E-state index contributed by atoms with van der Waals surface area (Å²) < 4.78 is 0.870. The van der Waals surface area contributed by atoms with Crippen LogP contribution >= 0.6 is 27.5 Å². The molecule has 5 nitrogen and oxygen atoms in total. The van der Waals surface area contributed by atoms with Crippen LogP contribution < -0.4 is 17.2 Å². The maximum atomic E-state index is 6.01. The third-order valence-electron chi connectivity index (χ3n) is 1.69. The van der Waals surface area contributed by atoms with Gasteiger partial charge in [-0.1, -0.05) is 27.5 Å². The highest BCUT2D eigenvalue weighted by atomic mass is 79.9. The van der Waals surface area contributed by atoms with Crippen LogP contribution in [0.3, 0.4) is 0 Å². The number of guanidine groups is 2. The van der Waals surface area contributed by atoms with Crippen molar-refractivity contribution in [3.63, 3.8) is 0 Å². The summed E-state index contributed by atoms with van der Waals surface area (Å²) in [6.45, 7) is 1.86. The molecule has 0 saturated heterocycles. The first-order valence-electron chi connectivity index (χ1n) is 4.29. The number of aliphatic imine (C=N–C) groups is 2. The van der Waals surface area contributed by atoms with Gasteiger partial charge in [0, 0.05) is 4.47 Å². The van der Waals surface area contributed by atoms with Crippen LogP contribution in [0.1, 0.15) is 5.56 Å². The molecule has 0 bridgehead atoms. The Labute approximate surface area is 107 Å². The Morgan fingerprint density at radius 1 is 1.31 bits per heavy atom. The Morgan fingerprint density at radius 3 is 2.44 bits per heavy atom. The molecule has 0 unspecified atom stereocenters. The van der Waals surface area contributed by atoms with Crippen LogP contribution in [0.2, 0.25) is 5.02 Å². The molecule has 16 heavy (non-hydrogen) atoms. The maximum absolute atomic E-state index is 6.01. The topological polar surface area (TPSA) is 103 Å². The Morgan fingerprint density at radius 2 is 1.94 bits per heavy atom. The molecule has 86 valence electrons. The molecular formula is C9H11BrClN5. The molecule has 0 atom stereocenters. The zero-order valence-electron chi connectivity index (χ0n) is 8.54. The van der Waals surface area contributed by atoms with Gasteiger partial charge in [0.05, 0.1) is 10.7 Å². The van der Waals surface area contributed by atoms with Crippen molar-refractivity contribution in [2.24, 2.45) is 27.2 Å². The van der Waals surface area contributed by atoms with E-state index in [0.717, 1.165) is 10.0 Å². The van der Waals surface area contributed by atoms with Gasteiger partial charge in [-0.05, 0) is 24.6 Å². The van der Waals surface area contributed by atoms with Gasteiger partial charge in [0.2, 0.25) is 5.96 Å². The van der Waals surface area contributed by atoms with Gasteiger partial charge in [-0.15, -0.1) is 0 Å². The molecule has 0 spiro atoms. The average molecular weight is 305 g/mol. The van der Waals surface area contributed by atoms with Gasteiger partial charge in [0.15, 0.2) is 5.96 Å². The molecule has 0 aliphatic heterocycles. The first kappa shape index (κ1) is 12.8. The van der Waals surface area contributed by atoms with Crippen molar-refractivity contribution in [3.8, 4) is 0 Å². The second-order valence-electron chi connectivity index (χ2n) is 3.06. The molecule has 1 aromatic carbocycles. The number of halogens is 2. The zero-order valence-corrected chi connectivity index (χ0v) is 10.9. The molecule has 0 aliphatic carbocycles. The Hall–Kier alpha value is -1.27. The zero-order chi connectivity index (χ0) is 12.3. The van der Waals surface area contributed by atoms with E-state index >= 15 is 0 Å². The molecule has 0 amide bonds. The second-order valence-corrected chi connectivity index (χ2v) is 4.38. The van der Waals surface area contributed by atoms with Gasteiger partial charge in [-0.3, -0.25) is 0 Å². The van der Waals surface area contributed by atoms with Crippen LogP contribution in [0, 0.1) is 6.92 Å². The summed E-state index contributed by atoms with van der Waals surface area (Å²) in [6.07, 6.45) is 0. The number of hydrogen-bond acceptors (Lipinski definition) is 1. The van der Waals surface area contributed by atoms with Crippen LogP contribution in [0.4, 0.5) is 5.69 Å². The smallest absolute Gasteiger partial charge is 0.223 e. The molecular weight excluding hydrogens is 293 g/mol. The summed E-state index contributed by atoms with van der Waals surface area (Å²) in [5.74, 6) is -0.181. The normalized spacial score (nSPS) is 11.3. The van der Waals surface area contributed by atoms with Crippen LogP contribution in [0.15, 0.2) is 26.6 Å². The van der Waals surface area contributed by atoms with E-state index in [0.29, 0.717) is 10.7 Å². The molecule has 0 saturated carbocycles. The fraction of sp³-hybridized carbons (Fsp3) is 0.111. The predicted molar refractivity (Wildman–Crippen MR) is 71.0 cm³/mol. The van der Waals surface area contributed by atoms with E-state index in [4.69, 9.17) is 28.8 Å². The number of rotatable bonds is 1. The minimum absolute atomic E-state index is 0.0349. The van der Waals surface area contributed by atoms with Gasteiger partial charge in [-0.25, -0.2) is 4.99 Å². The number of nitrogens with two attached hydrogens (primary N) is 3. The number of aryl methyl sites for hydroxylation is 1. The van der Waals surface area contributed by atoms with Crippen LogP contribution in [-0.2, 0) is 0 Å². The van der Waals surface area contributed by atoms with Crippen molar-refractivity contribution < 1.29 is 0 Å². The first-order valence-corrected chi connectivity index (χ1v) is 5.46. The van der Waals surface area contributed by atoms with E-state index in [2.05, 4.69) is 25.9 Å². The summed E-state index contributed by atoms with van der Waals surface area (Å²) in [4.78, 5) is 7.64. The van der Waals surface area contributed by atoms with E-state index < -0.39 is 0 Å². The third-order valence-corrected chi connectivity index (χ3v) is 2.43. The predicted octanol–water partition coefficient (Wildman–Crippen LogP) is 1.63. The molecule has 0 aliphatic rings. The Kier molecular flexibility index (Phi) is 4.14. The minimum Gasteiger partial charge on any atom is -0.370 e. The van der Waals surface area contributed by atoms with E-state index in [-0.39, 0.29) is 11.9 Å². The lowest BCUT2D eigenvalue weighted by Gasteiger charge is -2.04. The number of nitrogens with zero attached hydrogens (tertiary/aromatic N) is 2. The molecule has 0 heterocycles. The quantitative estimate of drug-likeness (QED) is 0.542. The molecule has 1 rings (SSSR count). The molecule has 7 heteroatoms. The van der Waals surface area contributed by atoms with E-state index in [9.17, 15) is 0 Å². The van der Waals surface area contributed by atoms with Crippen molar-refractivity contribution in [2.75, 3.05) is 0 Å². The van der Waals surface area contributed by atoms with Crippen molar-refractivity contribution in [1.29, 1.82) is 0 Å². The van der Waals surface area contributed by atoms with Crippen molar-refractivity contribution in [2.45, 2.75) is 6.92 Å². The lowest BCUT2D eigenvalue weighted by molar-refractivity contribution is 1.34. The molecule has 0 aromatic heterocycles.